The minimum absolute atomic E-state index is 0.0658. The van der Waals surface area contributed by atoms with E-state index in [1.807, 2.05) is 36.4 Å². The number of nitrogens with zero attached hydrogens (tertiary/aromatic N) is 3. The number of rotatable bonds is 4. The normalized spacial score (nSPS) is 18.3. The van der Waals surface area contributed by atoms with Gasteiger partial charge < -0.3 is 14.9 Å². The summed E-state index contributed by atoms with van der Waals surface area (Å²) in [6.45, 7) is 2.35. The topological polar surface area (TPSA) is 75.8 Å². The number of anilines is 1. The van der Waals surface area contributed by atoms with Crippen molar-refractivity contribution in [2.24, 2.45) is 0 Å². The number of hydrogen-bond acceptors (Lipinski definition) is 6. The molecule has 2 heterocycles. The molecule has 1 saturated heterocycles. The fourth-order valence-electron chi connectivity index (χ4n) is 3.31. The summed E-state index contributed by atoms with van der Waals surface area (Å²) in [4.78, 5) is 6.84. The summed E-state index contributed by atoms with van der Waals surface area (Å²) in [6, 6.07) is 14.9. The number of hydrogen-bond donors (Lipinski definition) is 1. The highest BCUT2D eigenvalue weighted by molar-refractivity contribution is 5.72. The van der Waals surface area contributed by atoms with E-state index in [1.54, 1.807) is 12.1 Å². The molecule has 0 unspecified atom stereocenters. The molecular formula is C18H18N3O3-. The number of likely N-dealkylation sites (tertiary alicyclic amines) is 1. The van der Waals surface area contributed by atoms with Crippen LogP contribution in [0.3, 0.4) is 0 Å². The van der Waals surface area contributed by atoms with E-state index in [1.165, 1.54) is 0 Å². The molecular weight excluding hydrogens is 306 g/mol. The first-order valence-electron chi connectivity index (χ1n) is 8.02. The Labute approximate surface area is 139 Å². The van der Waals surface area contributed by atoms with E-state index in [4.69, 9.17) is 4.42 Å². The van der Waals surface area contributed by atoms with Gasteiger partial charge in [0, 0.05) is 19.0 Å². The molecule has 24 heavy (non-hydrogen) atoms. The summed E-state index contributed by atoms with van der Waals surface area (Å²) in [5, 5.41) is 20.4. The Balaban J connectivity index is 1.49. The average molecular weight is 324 g/mol. The average Bonchev–Trinajstić information content (AvgIpc) is 3.21. The van der Waals surface area contributed by atoms with Gasteiger partial charge in [-0.1, -0.05) is 30.3 Å². The highest BCUT2D eigenvalue weighted by Crippen LogP contribution is 2.31. The molecule has 6 nitrogen and oxygen atoms in total. The fourth-order valence-corrected chi connectivity index (χ4v) is 3.31. The molecule has 1 aliphatic heterocycles. The maximum atomic E-state index is 11.3. The Kier molecular flexibility index (Phi) is 3.93. The van der Waals surface area contributed by atoms with Crippen molar-refractivity contribution < 1.29 is 9.62 Å². The molecule has 3 aromatic rings. The van der Waals surface area contributed by atoms with Gasteiger partial charge in [-0.2, -0.15) is 0 Å². The third-order valence-corrected chi connectivity index (χ3v) is 4.52. The molecule has 0 aliphatic carbocycles. The van der Waals surface area contributed by atoms with Gasteiger partial charge in [0.2, 0.25) is 0 Å². The Morgan fingerprint density at radius 1 is 1.21 bits per heavy atom. The lowest BCUT2D eigenvalue weighted by atomic mass is 10.1. The monoisotopic (exact) mass is 324 g/mol. The van der Waals surface area contributed by atoms with Crippen LogP contribution < -0.4 is 5.23 Å². The fraction of sp³-hybridized carbons (Fsp3) is 0.278. The second-order valence-electron chi connectivity index (χ2n) is 6.14. The van der Waals surface area contributed by atoms with Gasteiger partial charge in [-0.25, -0.2) is 4.98 Å². The predicted octanol–water partition coefficient (Wildman–Crippen LogP) is 3.51. The van der Waals surface area contributed by atoms with Crippen LogP contribution in [0.15, 0.2) is 52.9 Å². The Hall–Kier alpha value is -2.41. The van der Waals surface area contributed by atoms with E-state index in [0.29, 0.717) is 12.2 Å². The Morgan fingerprint density at radius 2 is 2.00 bits per heavy atom. The number of aromatic nitrogens is 1. The molecule has 124 valence electrons. The van der Waals surface area contributed by atoms with Crippen LogP contribution in [0.25, 0.3) is 11.1 Å². The highest BCUT2D eigenvalue weighted by atomic mass is 16.8. The first kappa shape index (κ1) is 15.1. The van der Waals surface area contributed by atoms with Gasteiger partial charge >= 0.3 is 0 Å². The molecule has 1 fully saturated rings. The summed E-state index contributed by atoms with van der Waals surface area (Å²) in [6.07, 6.45) is 0.967. The van der Waals surface area contributed by atoms with Crippen LogP contribution in [-0.2, 0) is 6.54 Å². The minimum atomic E-state index is -0.0658. The lowest BCUT2D eigenvalue weighted by Gasteiger charge is -2.26. The summed E-state index contributed by atoms with van der Waals surface area (Å²) in [5.41, 5.74) is 2.81. The van der Waals surface area contributed by atoms with Crippen LogP contribution in [0.4, 0.5) is 5.69 Å². The van der Waals surface area contributed by atoms with Crippen LogP contribution in [0.2, 0.25) is 0 Å². The molecule has 0 saturated carbocycles. The molecule has 1 N–H and O–H groups in total. The third-order valence-electron chi connectivity index (χ3n) is 4.52. The zero-order valence-corrected chi connectivity index (χ0v) is 13.1. The van der Waals surface area contributed by atoms with E-state index in [0.717, 1.165) is 42.1 Å². The van der Waals surface area contributed by atoms with Crippen LogP contribution in [0, 0.1) is 5.21 Å². The van der Waals surface area contributed by atoms with Crippen LogP contribution in [0.5, 0.6) is 0 Å². The van der Waals surface area contributed by atoms with E-state index in [-0.39, 0.29) is 11.1 Å². The first-order valence-corrected chi connectivity index (χ1v) is 8.02. The van der Waals surface area contributed by atoms with Crippen molar-refractivity contribution in [2.45, 2.75) is 18.9 Å². The first-order chi connectivity index (χ1) is 11.7. The molecule has 6 heteroatoms. The second kappa shape index (κ2) is 6.24. The number of benzene rings is 2. The molecule has 0 amide bonds. The van der Waals surface area contributed by atoms with Gasteiger partial charge in [0.25, 0.3) is 0 Å². The second-order valence-corrected chi connectivity index (χ2v) is 6.14. The molecule has 0 bridgehead atoms. The van der Waals surface area contributed by atoms with Gasteiger partial charge in [-0.15, -0.1) is 0 Å². The Morgan fingerprint density at radius 3 is 2.83 bits per heavy atom. The SMILES string of the molecule is [O-]N(O)c1ccccc1CN1CC[C@H](c2nc3ccccc3o2)C1. The van der Waals surface area contributed by atoms with E-state index in [2.05, 4.69) is 9.88 Å². The van der Waals surface area contributed by atoms with Crippen molar-refractivity contribution in [1.29, 1.82) is 0 Å². The van der Waals surface area contributed by atoms with Gasteiger partial charge in [0.15, 0.2) is 11.5 Å². The minimum Gasteiger partial charge on any atom is -0.733 e. The van der Waals surface area contributed by atoms with E-state index < -0.39 is 0 Å². The lowest BCUT2D eigenvalue weighted by Crippen LogP contribution is -2.21. The maximum Gasteiger partial charge on any atom is 0.199 e. The molecule has 0 spiro atoms. The van der Waals surface area contributed by atoms with Gasteiger partial charge in [-0.05, 0) is 36.7 Å². The highest BCUT2D eigenvalue weighted by Gasteiger charge is 2.28. The lowest BCUT2D eigenvalue weighted by molar-refractivity contribution is 0.289. The summed E-state index contributed by atoms with van der Waals surface area (Å²) >= 11 is 0. The predicted molar refractivity (Wildman–Crippen MR) is 90.7 cm³/mol. The van der Waals surface area contributed by atoms with Crippen molar-refractivity contribution in [3.8, 4) is 0 Å². The van der Waals surface area contributed by atoms with Crippen molar-refractivity contribution >= 4 is 16.8 Å². The molecule has 0 radical (unpaired) electrons. The quantitative estimate of drug-likeness (QED) is 0.740. The number of para-hydroxylation sites is 3. The maximum absolute atomic E-state index is 11.3. The third kappa shape index (κ3) is 2.87. The van der Waals surface area contributed by atoms with Crippen LogP contribution in [-0.4, -0.2) is 28.2 Å². The van der Waals surface area contributed by atoms with Crippen molar-refractivity contribution in [2.75, 3.05) is 18.3 Å². The van der Waals surface area contributed by atoms with Crippen LogP contribution >= 0.6 is 0 Å². The van der Waals surface area contributed by atoms with Crippen molar-refractivity contribution in [3.05, 3.63) is 65.2 Å². The Bertz CT molecular complexity index is 813. The van der Waals surface area contributed by atoms with Crippen molar-refractivity contribution in [1.82, 2.24) is 9.88 Å². The summed E-state index contributed by atoms with van der Waals surface area (Å²) in [7, 11) is 0. The van der Waals surface area contributed by atoms with Gasteiger partial charge in [0.05, 0.1) is 5.69 Å². The molecule has 1 aromatic heterocycles. The summed E-state index contributed by atoms with van der Waals surface area (Å²) in [5.74, 6) is 1.03. The molecule has 4 rings (SSSR count). The summed E-state index contributed by atoms with van der Waals surface area (Å²) < 4.78 is 5.88. The number of oxazole rings is 1. The zero-order valence-electron chi connectivity index (χ0n) is 13.1. The van der Waals surface area contributed by atoms with Crippen molar-refractivity contribution in [3.63, 3.8) is 0 Å². The molecule has 2 aromatic carbocycles. The number of fused-ring (bicyclic) bond motifs is 1. The van der Waals surface area contributed by atoms with E-state index in [9.17, 15) is 10.4 Å². The molecule has 1 atom stereocenters. The van der Waals surface area contributed by atoms with Gasteiger partial charge in [-0.3, -0.25) is 10.1 Å². The standard InChI is InChI=1S/C18H18N3O3/c22-21(23)16-7-3-1-5-13(16)11-20-10-9-14(12-20)18-19-15-6-2-4-8-17(15)24-18/h1-8,14,22H,9-12H2/q-1/t14-/m0/s1. The smallest absolute Gasteiger partial charge is 0.199 e. The largest absolute Gasteiger partial charge is 0.733 e. The zero-order chi connectivity index (χ0) is 16.5. The van der Waals surface area contributed by atoms with Crippen LogP contribution in [0.1, 0.15) is 23.8 Å². The molecule has 1 aliphatic rings. The van der Waals surface area contributed by atoms with E-state index >= 15 is 0 Å². The van der Waals surface area contributed by atoms with Gasteiger partial charge in [0.1, 0.15) is 5.52 Å².